The van der Waals surface area contributed by atoms with Gasteiger partial charge in [-0.2, -0.15) is 0 Å². The third-order valence-corrected chi connectivity index (χ3v) is 2.77. The fourth-order valence-electron chi connectivity index (χ4n) is 1.88. The van der Waals surface area contributed by atoms with E-state index in [1.54, 1.807) is 13.2 Å². The van der Waals surface area contributed by atoms with Gasteiger partial charge in [-0.25, -0.2) is 9.59 Å². The van der Waals surface area contributed by atoms with Gasteiger partial charge in [-0.05, 0) is 39.8 Å². The van der Waals surface area contributed by atoms with Crippen LogP contribution in [0.2, 0.25) is 0 Å². The summed E-state index contributed by atoms with van der Waals surface area (Å²) in [6.07, 6.45) is 1.12. The molecule has 7 heteroatoms. The van der Waals surface area contributed by atoms with Crippen LogP contribution in [0.4, 0.5) is 0 Å². The Hall–Kier alpha value is -2.67. The Morgan fingerprint density at radius 2 is 1.64 bits per heavy atom. The molecule has 1 rings (SSSR count). The summed E-state index contributed by atoms with van der Waals surface area (Å²) >= 11 is 0. The zero-order valence-electron chi connectivity index (χ0n) is 15.1. The second kappa shape index (κ2) is 10.2. The molecule has 0 heterocycles. The summed E-state index contributed by atoms with van der Waals surface area (Å²) in [7, 11) is 1.60. The zero-order chi connectivity index (χ0) is 19.6. The summed E-state index contributed by atoms with van der Waals surface area (Å²) in [5, 5.41) is 18.9. The zero-order valence-corrected chi connectivity index (χ0v) is 15.1. The molecule has 138 valence electrons. The van der Waals surface area contributed by atoms with Crippen LogP contribution < -0.4 is 10.1 Å². The number of carbonyl (C=O) groups excluding carboxylic acids is 1. The first-order valence-corrected chi connectivity index (χ1v) is 7.56. The van der Waals surface area contributed by atoms with Crippen molar-refractivity contribution in [1.82, 2.24) is 5.32 Å². The van der Waals surface area contributed by atoms with E-state index in [-0.39, 0.29) is 17.4 Å². The van der Waals surface area contributed by atoms with Crippen molar-refractivity contribution in [3.05, 3.63) is 42.0 Å². The topological polar surface area (TPSA) is 113 Å². The molecule has 3 N–H and O–H groups in total. The third kappa shape index (κ3) is 10.7. The maximum atomic E-state index is 12.2. The van der Waals surface area contributed by atoms with Gasteiger partial charge in [0.15, 0.2) is 5.78 Å². The fraction of sp³-hybridized carbons (Fsp3) is 0.389. The van der Waals surface area contributed by atoms with Gasteiger partial charge in [0, 0.05) is 23.3 Å². The highest BCUT2D eigenvalue weighted by Crippen LogP contribution is 2.15. The number of benzene rings is 1. The summed E-state index contributed by atoms with van der Waals surface area (Å²) in [5.41, 5.74) is 0.599. The van der Waals surface area contributed by atoms with E-state index in [9.17, 15) is 14.4 Å². The monoisotopic (exact) mass is 351 g/mol. The summed E-state index contributed by atoms with van der Waals surface area (Å²) < 4.78 is 5.11. The number of ether oxygens (including phenoxy) is 1. The maximum absolute atomic E-state index is 12.2. The minimum absolute atomic E-state index is 0.0755. The Morgan fingerprint density at radius 1 is 1.12 bits per heavy atom. The Morgan fingerprint density at radius 3 is 2.04 bits per heavy atom. The van der Waals surface area contributed by atoms with Crippen LogP contribution in [0, 0.1) is 0 Å². The lowest BCUT2D eigenvalue weighted by atomic mass is 10.0. The second-order valence-electron chi connectivity index (χ2n) is 6.22. The van der Waals surface area contributed by atoms with E-state index >= 15 is 0 Å². The first kappa shape index (κ1) is 22.3. The van der Waals surface area contributed by atoms with Crippen molar-refractivity contribution in [3.8, 4) is 5.75 Å². The standard InChI is InChI=1S/C14H21NO2.C4H4O4/c1-10(15-14(2,3)4)13(16)11-7-6-8-12(9-11)17-5;5-3(6)1-2-4(7)8/h6-10,15H,1-5H3;1-2H,(H,5,6)(H,7,8)/b;2-1+. The fourth-order valence-corrected chi connectivity index (χ4v) is 1.88. The largest absolute Gasteiger partial charge is 0.497 e. The first-order chi connectivity index (χ1) is 11.5. The number of nitrogens with one attached hydrogen (secondary N) is 1. The molecule has 7 nitrogen and oxygen atoms in total. The van der Waals surface area contributed by atoms with E-state index in [4.69, 9.17) is 14.9 Å². The van der Waals surface area contributed by atoms with Crippen LogP contribution in [0.15, 0.2) is 36.4 Å². The average molecular weight is 351 g/mol. The molecule has 0 saturated heterocycles. The van der Waals surface area contributed by atoms with Gasteiger partial charge in [-0.3, -0.25) is 4.79 Å². The quantitative estimate of drug-likeness (QED) is 0.532. The minimum Gasteiger partial charge on any atom is -0.497 e. The maximum Gasteiger partial charge on any atom is 0.328 e. The van der Waals surface area contributed by atoms with E-state index in [2.05, 4.69) is 5.32 Å². The molecule has 0 aliphatic rings. The van der Waals surface area contributed by atoms with Gasteiger partial charge in [0.25, 0.3) is 0 Å². The van der Waals surface area contributed by atoms with E-state index in [1.165, 1.54) is 0 Å². The van der Waals surface area contributed by atoms with E-state index < -0.39 is 11.9 Å². The number of hydrogen-bond donors (Lipinski definition) is 3. The molecular weight excluding hydrogens is 326 g/mol. The SMILES string of the molecule is COc1cccc(C(=O)C(C)NC(C)(C)C)c1.O=C(O)/C=C/C(=O)O. The predicted molar refractivity (Wildman–Crippen MR) is 94.1 cm³/mol. The molecule has 1 aromatic carbocycles. The number of rotatable bonds is 6. The van der Waals surface area contributed by atoms with Crippen molar-refractivity contribution >= 4 is 17.7 Å². The van der Waals surface area contributed by atoms with Gasteiger partial charge in [0.1, 0.15) is 5.75 Å². The molecule has 1 atom stereocenters. The highest BCUT2D eigenvalue weighted by Gasteiger charge is 2.20. The van der Waals surface area contributed by atoms with Crippen molar-refractivity contribution < 1.29 is 29.3 Å². The molecule has 1 aromatic rings. The van der Waals surface area contributed by atoms with Crippen molar-refractivity contribution in [2.45, 2.75) is 39.3 Å². The molecule has 25 heavy (non-hydrogen) atoms. The van der Waals surface area contributed by atoms with Crippen LogP contribution in [-0.4, -0.2) is 46.6 Å². The Bertz CT molecular complexity index is 615. The summed E-state index contributed by atoms with van der Waals surface area (Å²) in [6.45, 7) is 8.01. The molecule has 0 aromatic heterocycles. The normalized spacial score (nSPS) is 12.0. The molecule has 0 radical (unpaired) electrons. The van der Waals surface area contributed by atoms with Crippen LogP contribution >= 0.6 is 0 Å². The number of aliphatic carboxylic acids is 2. The number of carboxylic acid groups (broad SMARTS) is 2. The van der Waals surface area contributed by atoms with Gasteiger partial charge >= 0.3 is 11.9 Å². The van der Waals surface area contributed by atoms with Crippen molar-refractivity contribution in [3.63, 3.8) is 0 Å². The number of ketones is 1. The van der Waals surface area contributed by atoms with Crippen LogP contribution in [0.25, 0.3) is 0 Å². The lowest BCUT2D eigenvalue weighted by Gasteiger charge is -2.25. The average Bonchev–Trinajstić information content (AvgIpc) is 2.51. The van der Waals surface area contributed by atoms with Crippen LogP contribution in [-0.2, 0) is 9.59 Å². The first-order valence-electron chi connectivity index (χ1n) is 7.56. The van der Waals surface area contributed by atoms with Gasteiger partial charge in [0.05, 0.1) is 13.2 Å². The van der Waals surface area contributed by atoms with Crippen molar-refractivity contribution in [1.29, 1.82) is 0 Å². The molecule has 0 bridgehead atoms. The van der Waals surface area contributed by atoms with Gasteiger partial charge in [0.2, 0.25) is 0 Å². The molecule has 0 amide bonds. The molecule has 0 aliphatic heterocycles. The van der Waals surface area contributed by atoms with Crippen LogP contribution in [0.3, 0.4) is 0 Å². The summed E-state index contributed by atoms with van der Waals surface area (Å²) in [6, 6.07) is 7.03. The molecule has 0 saturated carbocycles. The highest BCUT2D eigenvalue weighted by molar-refractivity contribution is 6.00. The van der Waals surface area contributed by atoms with Gasteiger partial charge in [-0.15, -0.1) is 0 Å². The third-order valence-electron chi connectivity index (χ3n) is 2.77. The number of hydrogen-bond acceptors (Lipinski definition) is 5. The lowest BCUT2D eigenvalue weighted by molar-refractivity contribution is -0.134. The smallest absolute Gasteiger partial charge is 0.328 e. The molecule has 0 aliphatic carbocycles. The summed E-state index contributed by atoms with van der Waals surface area (Å²) in [5.74, 6) is -1.72. The Balaban J connectivity index is 0.000000609. The molecule has 0 fully saturated rings. The van der Waals surface area contributed by atoms with Crippen LogP contribution in [0.5, 0.6) is 5.75 Å². The molecule has 1 unspecified atom stereocenters. The lowest BCUT2D eigenvalue weighted by Crippen LogP contribution is -2.46. The van der Waals surface area contributed by atoms with E-state index in [0.717, 1.165) is 0 Å². The Kier molecular flexibility index (Phi) is 9.15. The van der Waals surface area contributed by atoms with Gasteiger partial charge < -0.3 is 20.3 Å². The van der Waals surface area contributed by atoms with Crippen molar-refractivity contribution in [2.75, 3.05) is 7.11 Å². The number of carbonyl (C=O) groups is 3. The molecule has 0 spiro atoms. The van der Waals surface area contributed by atoms with Crippen molar-refractivity contribution in [2.24, 2.45) is 0 Å². The number of methoxy groups -OCH3 is 1. The predicted octanol–water partition coefficient (Wildman–Crippen LogP) is 2.37. The highest BCUT2D eigenvalue weighted by atomic mass is 16.5. The van der Waals surface area contributed by atoms with E-state index in [1.807, 2.05) is 45.9 Å². The number of carboxylic acids is 2. The second-order valence-corrected chi connectivity index (χ2v) is 6.22. The molecular formula is C18H25NO6. The Labute approximate surface area is 147 Å². The number of Topliss-reactive ketones (excluding diaryl/α,β-unsaturated/α-hetero) is 1. The summed E-state index contributed by atoms with van der Waals surface area (Å²) in [4.78, 5) is 31.3. The minimum atomic E-state index is -1.26. The van der Waals surface area contributed by atoms with Gasteiger partial charge in [-0.1, -0.05) is 12.1 Å². The van der Waals surface area contributed by atoms with Crippen LogP contribution in [0.1, 0.15) is 38.1 Å². The van der Waals surface area contributed by atoms with E-state index in [0.29, 0.717) is 23.5 Å².